The van der Waals surface area contributed by atoms with Crippen molar-refractivity contribution in [1.29, 1.82) is 0 Å². The molecule has 0 spiro atoms. The summed E-state index contributed by atoms with van der Waals surface area (Å²) in [7, 11) is 0. The number of rotatable bonds is 5. The predicted molar refractivity (Wildman–Crippen MR) is 54.6 cm³/mol. The number of carbonyl (C=O) groups excluding carboxylic acids is 1. The number of amides is 1. The van der Waals surface area contributed by atoms with Crippen LogP contribution in [0.3, 0.4) is 0 Å². The topological polar surface area (TPSA) is 66.6 Å². The Morgan fingerprint density at radius 2 is 2.43 bits per heavy atom. The first-order valence-corrected chi connectivity index (χ1v) is 5.26. The Morgan fingerprint density at radius 1 is 1.71 bits per heavy atom. The summed E-state index contributed by atoms with van der Waals surface area (Å²) < 4.78 is 0. The zero-order valence-electron chi connectivity index (χ0n) is 8.78. The van der Waals surface area contributed by atoms with Crippen LogP contribution in [0, 0.1) is 11.8 Å². The SMILES string of the molecule is CC(CN1CCC(CCO)C1)C(N)=O. The molecule has 0 aromatic rings. The third-order valence-electron chi connectivity index (χ3n) is 2.93. The van der Waals surface area contributed by atoms with Gasteiger partial charge in [0, 0.05) is 25.6 Å². The maximum Gasteiger partial charge on any atom is 0.221 e. The quantitative estimate of drug-likeness (QED) is 0.646. The minimum absolute atomic E-state index is 0.0668. The van der Waals surface area contributed by atoms with Gasteiger partial charge in [-0.05, 0) is 25.3 Å². The lowest BCUT2D eigenvalue weighted by Gasteiger charge is -2.18. The van der Waals surface area contributed by atoms with E-state index in [0.717, 1.165) is 32.5 Å². The van der Waals surface area contributed by atoms with Crippen LogP contribution in [0.1, 0.15) is 19.8 Å². The lowest BCUT2D eigenvalue weighted by Crippen LogP contribution is -2.33. The van der Waals surface area contributed by atoms with E-state index in [-0.39, 0.29) is 18.4 Å². The highest BCUT2D eigenvalue weighted by Crippen LogP contribution is 2.19. The van der Waals surface area contributed by atoms with Crippen LogP contribution in [0.2, 0.25) is 0 Å². The van der Waals surface area contributed by atoms with Crippen molar-refractivity contribution in [3.05, 3.63) is 0 Å². The highest BCUT2D eigenvalue weighted by molar-refractivity contribution is 5.76. The van der Waals surface area contributed by atoms with Gasteiger partial charge in [0.15, 0.2) is 0 Å². The molecule has 1 amide bonds. The van der Waals surface area contributed by atoms with Gasteiger partial charge in [-0.25, -0.2) is 0 Å². The summed E-state index contributed by atoms with van der Waals surface area (Å²) in [6.45, 7) is 4.92. The van der Waals surface area contributed by atoms with Crippen molar-refractivity contribution in [2.45, 2.75) is 19.8 Å². The first-order chi connectivity index (χ1) is 6.63. The Hall–Kier alpha value is -0.610. The van der Waals surface area contributed by atoms with Crippen LogP contribution >= 0.6 is 0 Å². The van der Waals surface area contributed by atoms with Crippen LogP contribution in [-0.2, 0) is 4.79 Å². The second kappa shape index (κ2) is 5.32. The van der Waals surface area contributed by atoms with Gasteiger partial charge in [-0.15, -0.1) is 0 Å². The van der Waals surface area contributed by atoms with Gasteiger partial charge in [0.2, 0.25) is 5.91 Å². The van der Waals surface area contributed by atoms with Gasteiger partial charge in [-0.2, -0.15) is 0 Å². The number of carbonyl (C=O) groups is 1. The van der Waals surface area contributed by atoms with Crippen molar-refractivity contribution in [3.8, 4) is 0 Å². The number of likely N-dealkylation sites (tertiary alicyclic amines) is 1. The number of aliphatic hydroxyl groups excluding tert-OH is 1. The fourth-order valence-electron chi connectivity index (χ4n) is 1.97. The average molecular weight is 200 g/mol. The highest BCUT2D eigenvalue weighted by Gasteiger charge is 2.24. The predicted octanol–water partition coefficient (Wildman–Crippen LogP) is -0.188. The van der Waals surface area contributed by atoms with E-state index in [1.165, 1.54) is 0 Å². The van der Waals surface area contributed by atoms with Crippen molar-refractivity contribution in [2.24, 2.45) is 17.6 Å². The van der Waals surface area contributed by atoms with E-state index in [2.05, 4.69) is 4.90 Å². The third-order valence-corrected chi connectivity index (χ3v) is 2.93. The Bertz CT molecular complexity index is 197. The zero-order valence-corrected chi connectivity index (χ0v) is 8.78. The van der Waals surface area contributed by atoms with E-state index in [9.17, 15) is 4.79 Å². The molecule has 1 fully saturated rings. The van der Waals surface area contributed by atoms with E-state index in [1.54, 1.807) is 0 Å². The lowest BCUT2D eigenvalue weighted by molar-refractivity contribution is -0.121. The summed E-state index contributed by atoms with van der Waals surface area (Å²) in [5.41, 5.74) is 5.20. The van der Waals surface area contributed by atoms with Gasteiger partial charge in [0.1, 0.15) is 0 Å². The largest absolute Gasteiger partial charge is 0.396 e. The van der Waals surface area contributed by atoms with E-state index in [1.807, 2.05) is 6.92 Å². The van der Waals surface area contributed by atoms with Crippen molar-refractivity contribution < 1.29 is 9.90 Å². The van der Waals surface area contributed by atoms with Crippen LogP contribution in [0.5, 0.6) is 0 Å². The molecule has 1 aliphatic rings. The molecule has 3 N–H and O–H groups in total. The van der Waals surface area contributed by atoms with Crippen molar-refractivity contribution in [2.75, 3.05) is 26.2 Å². The third kappa shape index (κ3) is 3.27. The van der Waals surface area contributed by atoms with E-state index < -0.39 is 0 Å². The Kier molecular flexibility index (Phi) is 4.35. The average Bonchev–Trinajstić information content (AvgIpc) is 2.53. The molecule has 1 aliphatic heterocycles. The molecule has 0 saturated carbocycles. The molecular formula is C10H20N2O2. The Morgan fingerprint density at radius 3 is 3.00 bits per heavy atom. The number of aliphatic hydroxyl groups is 1. The molecule has 1 rings (SSSR count). The lowest BCUT2D eigenvalue weighted by atomic mass is 10.1. The monoisotopic (exact) mass is 200 g/mol. The molecule has 2 unspecified atom stereocenters. The summed E-state index contributed by atoms with van der Waals surface area (Å²) in [5, 5.41) is 8.79. The fourth-order valence-corrected chi connectivity index (χ4v) is 1.97. The van der Waals surface area contributed by atoms with Crippen LogP contribution in [0.4, 0.5) is 0 Å². The van der Waals surface area contributed by atoms with Gasteiger partial charge >= 0.3 is 0 Å². The van der Waals surface area contributed by atoms with Gasteiger partial charge in [-0.3, -0.25) is 4.79 Å². The molecule has 4 heteroatoms. The molecule has 0 aromatic heterocycles. The first-order valence-electron chi connectivity index (χ1n) is 5.26. The number of nitrogens with two attached hydrogens (primary N) is 1. The smallest absolute Gasteiger partial charge is 0.221 e. The molecule has 2 atom stereocenters. The molecule has 0 aromatic carbocycles. The van der Waals surface area contributed by atoms with Gasteiger partial charge < -0.3 is 15.7 Å². The molecule has 4 nitrogen and oxygen atoms in total. The second-order valence-corrected chi connectivity index (χ2v) is 4.23. The molecular weight excluding hydrogens is 180 g/mol. The van der Waals surface area contributed by atoms with Gasteiger partial charge in [0.25, 0.3) is 0 Å². The molecule has 1 saturated heterocycles. The Labute approximate surface area is 85.1 Å². The summed E-state index contributed by atoms with van der Waals surface area (Å²) in [5.74, 6) is 0.304. The van der Waals surface area contributed by atoms with Crippen LogP contribution in [0.15, 0.2) is 0 Å². The maximum absolute atomic E-state index is 10.8. The van der Waals surface area contributed by atoms with Crippen molar-refractivity contribution in [1.82, 2.24) is 4.90 Å². The van der Waals surface area contributed by atoms with Crippen LogP contribution in [0.25, 0.3) is 0 Å². The van der Waals surface area contributed by atoms with Gasteiger partial charge in [-0.1, -0.05) is 6.92 Å². The molecule has 0 aliphatic carbocycles. The van der Waals surface area contributed by atoms with Crippen LogP contribution in [-0.4, -0.2) is 42.2 Å². The minimum Gasteiger partial charge on any atom is -0.396 e. The van der Waals surface area contributed by atoms with Crippen molar-refractivity contribution >= 4 is 5.91 Å². The summed E-state index contributed by atoms with van der Waals surface area (Å²) in [4.78, 5) is 13.1. The number of hydrogen-bond acceptors (Lipinski definition) is 3. The fraction of sp³-hybridized carbons (Fsp3) is 0.900. The zero-order chi connectivity index (χ0) is 10.6. The standard InChI is InChI=1S/C10H20N2O2/c1-8(10(11)14)6-12-4-2-9(7-12)3-5-13/h8-9,13H,2-7H2,1H3,(H2,11,14). The molecule has 82 valence electrons. The normalized spacial score (nSPS) is 25.1. The molecule has 0 bridgehead atoms. The molecule has 0 radical (unpaired) electrons. The van der Waals surface area contributed by atoms with Crippen LogP contribution < -0.4 is 5.73 Å². The van der Waals surface area contributed by atoms with E-state index >= 15 is 0 Å². The first kappa shape index (κ1) is 11.5. The van der Waals surface area contributed by atoms with Crippen molar-refractivity contribution in [3.63, 3.8) is 0 Å². The minimum atomic E-state index is -0.226. The number of nitrogens with zero attached hydrogens (tertiary/aromatic N) is 1. The molecule has 14 heavy (non-hydrogen) atoms. The second-order valence-electron chi connectivity index (χ2n) is 4.23. The van der Waals surface area contributed by atoms with E-state index in [4.69, 9.17) is 10.8 Å². The molecule has 1 heterocycles. The number of primary amides is 1. The Balaban J connectivity index is 2.25. The maximum atomic E-state index is 10.8. The summed E-state index contributed by atoms with van der Waals surface area (Å²) in [6, 6.07) is 0. The summed E-state index contributed by atoms with van der Waals surface area (Å²) >= 11 is 0. The number of hydrogen-bond donors (Lipinski definition) is 2. The highest BCUT2D eigenvalue weighted by atomic mass is 16.3. The van der Waals surface area contributed by atoms with Gasteiger partial charge in [0.05, 0.1) is 0 Å². The van der Waals surface area contributed by atoms with E-state index in [0.29, 0.717) is 5.92 Å². The summed E-state index contributed by atoms with van der Waals surface area (Å²) in [6.07, 6.45) is 2.01.